The number of benzene rings is 2. The maximum absolute atomic E-state index is 12.4. The van der Waals surface area contributed by atoms with Gasteiger partial charge in [0.1, 0.15) is 5.75 Å². The van der Waals surface area contributed by atoms with Crippen molar-refractivity contribution in [3.05, 3.63) is 89.5 Å². The third-order valence-electron chi connectivity index (χ3n) is 5.55. The van der Waals surface area contributed by atoms with Gasteiger partial charge in [0.2, 0.25) is 0 Å². The van der Waals surface area contributed by atoms with Gasteiger partial charge in [-0.05, 0) is 36.1 Å². The van der Waals surface area contributed by atoms with E-state index >= 15 is 0 Å². The molecule has 0 aliphatic rings. The number of rotatable bonds is 15. The van der Waals surface area contributed by atoms with Crippen molar-refractivity contribution in [2.45, 2.75) is 38.4 Å². The van der Waals surface area contributed by atoms with E-state index in [1.54, 1.807) is 24.3 Å². The van der Waals surface area contributed by atoms with Gasteiger partial charge in [0.05, 0.1) is 12.3 Å². The molecule has 0 saturated heterocycles. The van der Waals surface area contributed by atoms with E-state index in [1.807, 2.05) is 6.07 Å². The molecule has 0 unspecified atom stereocenters. The predicted molar refractivity (Wildman–Crippen MR) is 139 cm³/mol. The molecular formula is C26H29F3N8O4. The first kappa shape index (κ1) is 30.7. The maximum Gasteiger partial charge on any atom is 0.573 e. The van der Waals surface area contributed by atoms with Crippen LogP contribution in [0.5, 0.6) is 5.75 Å². The summed E-state index contributed by atoms with van der Waals surface area (Å²) in [6, 6.07) is 14.1. The quantitative estimate of drug-likeness (QED) is 0.106. The summed E-state index contributed by atoms with van der Waals surface area (Å²) in [6.45, 7) is 0.865. The summed E-state index contributed by atoms with van der Waals surface area (Å²) in [5.41, 5.74) is 8.19. The number of hydrogen-bond donors (Lipinski definition) is 5. The van der Waals surface area contributed by atoms with E-state index in [0.29, 0.717) is 37.1 Å². The normalized spacial score (nSPS) is 12.3. The molecule has 0 aliphatic carbocycles. The molecule has 0 bridgehead atoms. The van der Waals surface area contributed by atoms with Crippen molar-refractivity contribution in [3.63, 3.8) is 0 Å². The van der Waals surface area contributed by atoms with E-state index in [0.717, 1.165) is 12.1 Å². The molecule has 3 rings (SSSR count). The molecule has 1 heterocycles. The van der Waals surface area contributed by atoms with Crippen LogP contribution in [0.1, 0.15) is 40.6 Å². The highest BCUT2D eigenvalue weighted by molar-refractivity contribution is 5.92. The van der Waals surface area contributed by atoms with Gasteiger partial charge in [-0.1, -0.05) is 47.7 Å². The minimum Gasteiger partial charge on any atom is -0.406 e. The van der Waals surface area contributed by atoms with Crippen molar-refractivity contribution in [2.24, 2.45) is 5.11 Å². The minimum absolute atomic E-state index is 0.0314. The molecule has 0 radical (unpaired) electrons. The summed E-state index contributed by atoms with van der Waals surface area (Å²) in [7, 11) is 0. The molecule has 3 aromatic rings. The summed E-state index contributed by atoms with van der Waals surface area (Å²) in [4.78, 5) is 24.6. The lowest BCUT2D eigenvalue weighted by atomic mass is 10.1. The Morgan fingerprint density at radius 2 is 1.90 bits per heavy atom. The largest absolute Gasteiger partial charge is 0.573 e. The average molecular weight is 575 g/mol. The van der Waals surface area contributed by atoms with Crippen LogP contribution in [0.25, 0.3) is 0 Å². The summed E-state index contributed by atoms with van der Waals surface area (Å²) in [6.07, 6.45) is -1.58. The molecular weight excluding hydrogens is 545 g/mol. The fourth-order valence-electron chi connectivity index (χ4n) is 3.53. The second kappa shape index (κ2) is 15.1. The number of carbonyl (C=O) groups excluding carboxylic acids is 2. The van der Waals surface area contributed by atoms with Crippen molar-refractivity contribution >= 4 is 11.8 Å². The van der Waals surface area contributed by atoms with Crippen LogP contribution in [0, 0.1) is 5.53 Å². The monoisotopic (exact) mass is 574 g/mol. The molecule has 2 aromatic carbocycles. The van der Waals surface area contributed by atoms with Crippen molar-refractivity contribution in [3.8, 4) is 5.75 Å². The Balaban J connectivity index is 1.35. The topological polar surface area (TPSA) is 167 Å². The molecule has 5 N–H and O–H groups in total. The van der Waals surface area contributed by atoms with Crippen LogP contribution < -0.4 is 20.7 Å². The Hall–Kier alpha value is -4.79. The van der Waals surface area contributed by atoms with Gasteiger partial charge in [0.15, 0.2) is 11.4 Å². The fourth-order valence-corrected chi connectivity index (χ4v) is 3.53. The first-order valence-corrected chi connectivity index (χ1v) is 12.5. The second-order valence-electron chi connectivity index (χ2n) is 8.68. The molecule has 218 valence electrons. The second-order valence-corrected chi connectivity index (χ2v) is 8.68. The number of carbonyl (C=O) groups is 2. The Kier molecular flexibility index (Phi) is 11.3. The third-order valence-corrected chi connectivity index (χ3v) is 5.55. The van der Waals surface area contributed by atoms with Crippen LogP contribution in [0.15, 0.2) is 77.8 Å². The Labute approximate surface area is 233 Å². The van der Waals surface area contributed by atoms with E-state index in [1.165, 1.54) is 29.2 Å². The fraction of sp³-hybridized carbons (Fsp3) is 0.308. The Morgan fingerprint density at radius 3 is 2.63 bits per heavy atom. The van der Waals surface area contributed by atoms with Gasteiger partial charge in [0.25, 0.3) is 11.8 Å². The molecule has 0 aliphatic heterocycles. The van der Waals surface area contributed by atoms with Crippen molar-refractivity contribution in [2.75, 3.05) is 13.1 Å². The molecule has 0 saturated carbocycles. The number of amides is 2. The summed E-state index contributed by atoms with van der Waals surface area (Å²) in [5.74, 6) is -1.54. The number of halogens is 3. The molecule has 12 nitrogen and oxygen atoms in total. The van der Waals surface area contributed by atoms with E-state index < -0.39 is 30.0 Å². The molecule has 0 spiro atoms. The average Bonchev–Trinajstić information content (AvgIpc) is 3.43. The Bertz CT molecular complexity index is 1330. The van der Waals surface area contributed by atoms with Gasteiger partial charge < -0.3 is 25.8 Å². The van der Waals surface area contributed by atoms with E-state index in [4.69, 9.17) is 5.53 Å². The molecule has 15 heteroatoms. The SMILES string of the molecule is N=N/C(=C\NCCCCn1cc(C(=O)NC[C@H](O)c2ccccc2)nn1)C(=O)NCc1cccc(OC(F)(F)F)c1. The molecule has 1 aromatic heterocycles. The van der Waals surface area contributed by atoms with Crippen LogP contribution in [-0.2, 0) is 17.9 Å². The van der Waals surface area contributed by atoms with Gasteiger partial charge in [-0.25, -0.2) is 5.53 Å². The van der Waals surface area contributed by atoms with Crippen LogP contribution in [0.3, 0.4) is 0 Å². The van der Waals surface area contributed by atoms with Gasteiger partial charge >= 0.3 is 6.36 Å². The van der Waals surface area contributed by atoms with Crippen molar-refractivity contribution in [1.29, 1.82) is 5.53 Å². The van der Waals surface area contributed by atoms with Crippen LogP contribution >= 0.6 is 0 Å². The van der Waals surface area contributed by atoms with Crippen LogP contribution in [0.2, 0.25) is 0 Å². The van der Waals surface area contributed by atoms with Gasteiger partial charge in [-0.15, -0.1) is 18.3 Å². The lowest BCUT2D eigenvalue weighted by Crippen LogP contribution is -2.28. The zero-order valence-electron chi connectivity index (χ0n) is 21.8. The third kappa shape index (κ3) is 10.7. The maximum atomic E-state index is 12.4. The standard InChI is InChI=1S/C26H29F3N8O4/c27-26(28,29)41-20-10-6-7-18(13-20)14-32-24(39)21(34-30)15-31-11-4-5-12-37-17-22(35-36-37)25(40)33-16-23(38)19-8-2-1-3-9-19/h1-3,6-10,13,15,17,23,30-31,38H,4-5,11-12,14,16H2,(H,32,39)(H,33,40)/b21-15-,34-30?/t23-/m0/s1. The smallest absolute Gasteiger partial charge is 0.406 e. The first-order chi connectivity index (χ1) is 19.6. The van der Waals surface area contributed by atoms with Gasteiger partial charge in [-0.2, -0.15) is 5.11 Å². The first-order valence-electron chi connectivity index (χ1n) is 12.5. The number of hydrogen-bond acceptors (Lipinski definition) is 9. The molecule has 1 atom stereocenters. The van der Waals surface area contributed by atoms with E-state index in [2.05, 4.69) is 36.1 Å². The number of aromatic nitrogens is 3. The Morgan fingerprint density at radius 1 is 1.12 bits per heavy atom. The highest BCUT2D eigenvalue weighted by atomic mass is 19.4. The summed E-state index contributed by atoms with van der Waals surface area (Å²) >= 11 is 0. The van der Waals surface area contributed by atoms with E-state index in [9.17, 15) is 27.9 Å². The number of nitrogens with one attached hydrogen (secondary N) is 4. The lowest BCUT2D eigenvalue weighted by molar-refractivity contribution is -0.274. The van der Waals surface area contributed by atoms with Crippen LogP contribution in [0.4, 0.5) is 13.2 Å². The zero-order chi connectivity index (χ0) is 29.7. The number of nitrogens with zero attached hydrogens (tertiary/aromatic N) is 4. The number of aliphatic hydroxyl groups excluding tert-OH is 1. The number of unbranched alkanes of at least 4 members (excludes halogenated alkanes) is 1. The minimum atomic E-state index is -4.82. The highest BCUT2D eigenvalue weighted by Crippen LogP contribution is 2.23. The summed E-state index contributed by atoms with van der Waals surface area (Å²) < 4.78 is 42.5. The van der Waals surface area contributed by atoms with Crippen molar-refractivity contribution in [1.82, 2.24) is 30.9 Å². The predicted octanol–water partition coefficient (Wildman–Crippen LogP) is 3.20. The molecule has 2 amide bonds. The number of ether oxygens (including phenoxy) is 1. The number of aliphatic hydroxyl groups is 1. The lowest BCUT2D eigenvalue weighted by Gasteiger charge is -2.11. The molecule has 41 heavy (non-hydrogen) atoms. The molecule has 0 fully saturated rings. The van der Waals surface area contributed by atoms with Gasteiger partial charge in [0, 0.05) is 32.4 Å². The zero-order valence-corrected chi connectivity index (χ0v) is 21.8. The number of alkyl halides is 3. The van der Waals surface area contributed by atoms with E-state index in [-0.39, 0.29) is 24.5 Å². The van der Waals surface area contributed by atoms with Crippen LogP contribution in [-0.4, -0.2) is 51.4 Å². The summed E-state index contributed by atoms with van der Waals surface area (Å²) in [5, 5.41) is 29.1. The highest BCUT2D eigenvalue weighted by Gasteiger charge is 2.31. The van der Waals surface area contributed by atoms with Gasteiger partial charge in [-0.3, -0.25) is 14.3 Å². The number of aryl methyl sites for hydroxylation is 1. The van der Waals surface area contributed by atoms with Crippen molar-refractivity contribution < 1.29 is 32.6 Å².